The van der Waals surface area contributed by atoms with Crippen molar-refractivity contribution in [2.24, 2.45) is 0 Å². The molecule has 0 saturated carbocycles. The molecule has 1 heterocycles. The first-order valence-corrected chi connectivity index (χ1v) is 8.76. The van der Waals surface area contributed by atoms with Crippen molar-refractivity contribution in [2.45, 2.75) is 26.3 Å². The Morgan fingerprint density at radius 3 is 2.43 bits per heavy atom. The summed E-state index contributed by atoms with van der Waals surface area (Å²) in [6.45, 7) is 3.87. The van der Waals surface area contributed by atoms with Gasteiger partial charge in [-0.25, -0.2) is 8.42 Å². The lowest BCUT2D eigenvalue weighted by Crippen LogP contribution is -2.40. The molecule has 5 nitrogen and oxygen atoms in total. The topological polar surface area (TPSA) is 63.7 Å². The van der Waals surface area contributed by atoms with Crippen LogP contribution >= 0.6 is 0 Å². The van der Waals surface area contributed by atoms with Crippen LogP contribution in [-0.4, -0.2) is 50.4 Å². The van der Waals surface area contributed by atoms with E-state index in [-0.39, 0.29) is 30.1 Å². The molecule has 1 saturated heterocycles. The van der Waals surface area contributed by atoms with Crippen molar-refractivity contribution in [2.75, 3.05) is 25.2 Å². The highest BCUT2D eigenvalue weighted by molar-refractivity contribution is 7.91. The van der Waals surface area contributed by atoms with Gasteiger partial charge in [-0.1, -0.05) is 6.07 Å². The van der Waals surface area contributed by atoms with Crippen LogP contribution in [0.1, 0.15) is 17.5 Å². The quantitative estimate of drug-likeness (QED) is 0.841. The van der Waals surface area contributed by atoms with Gasteiger partial charge in [0.1, 0.15) is 5.75 Å². The highest BCUT2D eigenvalue weighted by atomic mass is 32.2. The molecule has 0 aromatic heterocycles. The molecule has 1 aromatic rings. The van der Waals surface area contributed by atoms with E-state index in [2.05, 4.69) is 0 Å². The fraction of sp³-hybridized carbons (Fsp3) is 0.533. The van der Waals surface area contributed by atoms with Gasteiger partial charge in [0.15, 0.2) is 16.4 Å². The summed E-state index contributed by atoms with van der Waals surface area (Å²) in [5.74, 6) is 0.677. The van der Waals surface area contributed by atoms with Gasteiger partial charge in [-0.15, -0.1) is 0 Å². The lowest BCUT2D eigenvalue weighted by Gasteiger charge is -2.23. The van der Waals surface area contributed by atoms with Crippen LogP contribution in [0.15, 0.2) is 18.2 Å². The minimum Gasteiger partial charge on any atom is -0.484 e. The number of benzene rings is 1. The zero-order valence-corrected chi connectivity index (χ0v) is 13.4. The van der Waals surface area contributed by atoms with Crippen molar-refractivity contribution in [3.8, 4) is 5.75 Å². The van der Waals surface area contributed by atoms with Crippen molar-refractivity contribution in [1.82, 2.24) is 4.90 Å². The zero-order valence-electron chi connectivity index (χ0n) is 12.6. The van der Waals surface area contributed by atoms with E-state index in [9.17, 15) is 13.2 Å². The van der Waals surface area contributed by atoms with E-state index >= 15 is 0 Å². The van der Waals surface area contributed by atoms with Crippen molar-refractivity contribution < 1.29 is 17.9 Å². The average molecular weight is 311 g/mol. The van der Waals surface area contributed by atoms with Crippen molar-refractivity contribution in [3.63, 3.8) is 0 Å². The van der Waals surface area contributed by atoms with Crippen molar-refractivity contribution >= 4 is 15.7 Å². The predicted molar refractivity (Wildman–Crippen MR) is 81.2 cm³/mol. The SMILES string of the molecule is Cc1cc(C)cc(OCC(=O)N(C)C2CCS(=O)(=O)C2)c1. The van der Waals surface area contributed by atoms with E-state index in [0.29, 0.717) is 12.2 Å². The van der Waals surface area contributed by atoms with Crippen LogP contribution in [-0.2, 0) is 14.6 Å². The summed E-state index contributed by atoms with van der Waals surface area (Å²) in [7, 11) is -1.35. The third-order valence-corrected chi connectivity index (χ3v) is 5.46. The second-order valence-corrected chi connectivity index (χ2v) is 7.90. The predicted octanol–water partition coefficient (Wildman–Crippen LogP) is 1.33. The largest absolute Gasteiger partial charge is 0.484 e. The standard InChI is InChI=1S/C15H21NO4S/c1-11-6-12(2)8-14(7-11)20-9-15(17)16(3)13-4-5-21(18,19)10-13/h6-8,13H,4-5,9-10H2,1-3H3. The molecule has 0 N–H and O–H groups in total. The van der Waals surface area contributed by atoms with Crippen molar-refractivity contribution in [1.29, 1.82) is 0 Å². The summed E-state index contributed by atoms with van der Waals surface area (Å²) in [5.41, 5.74) is 2.15. The first-order chi connectivity index (χ1) is 9.77. The highest BCUT2D eigenvalue weighted by Gasteiger charge is 2.32. The lowest BCUT2D eigenvalue weighted by molar-refractivity contribution is -0.133. The molecule has 1 unspecified atom stereocenters. The second kappa shape index (κ2) is 6.05. The Labute approximate surface area is 125 Å². The Morgan fingerprint density at radius 2 is 1.90 bits per heavy atom. The van der Waals surface area contributed by atoms with Crippen LogP contribution in [0.4, 0.5) is 0 Å². The van der Waals surface area contributed by atoms with Gasteiger partial charge in [0.2, 0.25) is 0 Å². The Morgan fingerprint density at radius 1 is 1.29 bits per heavy atom. The number of carbonyl (C=O) groups excluding carboxylic acids is 1. The summed E-state index contributed by atoms with van der Waals surface area (Å²) in [5, 5.41) is 0. The van der Waals surface area contributed by atoms with Crippen LogP contribution in [0.5, 0.6) is 5.75 Å². The molecule has 6 heteroatoms. The normalized spacial score (nSPS) is 20.2. The Bertz CT molecular complexity index is 619. The van der Waals surface area contributed by atoms with Gasteiger partial charge >= 0.3 is 0 Å². The molecule has 1 amide bonds. The molecule has 0 spiro atoms. The molecule has 1 aliphatic heterocycles. The number of carbonyl (C=O) groups is 1. The van der Waals surface area contributed by atoms with Crippen LogP contribution in [0.3, 0.4) is 0 Å². The average Bonchev–Trinajstić information content (AvgIpc) is 2.74. The number of hydrogen-bond acceptors (Lipinski definition) is 4. The smallest absolute Gasteiger partial charge is 0.260 e. The van der Waals surface area contributed by atoms with E-state index in [1.165, 1.54) is 4.90 Å². The van der Waals surface area contributed by atoms with Gasteiger partial charge in [0.05, 0.1) is 11.5 Å². The highest BCUT2D eigenvalue weighted by Crippen LogP contribution is 2.18. The molecule has 1 aliphatic rings. The van der Waals surface area contributed by atoms with Gasteiger partial charge in [-0.05, 0) is 43.5 Å². The maximum Gasteiger partial charge on any atom is 0.260 e. The number of aryl methyl sites for hydroxylation is 2. The van der Waals surface area contributed by atoms with Gasteiger partial charge < -0.3 is 9.64 Å². The lowest BCUT2D eigenvalue weighted by atomic mass is 10.1. The van der Waals surface area contributed by atoms with E-state index < -0.39 is 9.84 Å². The molecular weight excluding hydrogens is 290 g/mol. The minimum absolute atomic E-state index is 0.0544. The van der Waals surface area contributed by atoms with Crippen LogP contribution < -0.4 is 4.74 Å². The van der Waals surface area contributed by atoms with E-state index in [1.807, 2.05) is 32.0 Å². The third kappa shape index (κ3) is 4.20. The number of likely N-dealkylation sites (N-methyl/N-ethyl adjacent to an activating group) is 1. The summed E-state index contributed by atoms with van der Waals surface area (Å²) in [4.78, 5) is 13.6. The second-order valence-electron chi connectivity index (χ2n) is 5.67. The number of nitrogens with zero attached hydrogens (tertiary/aromatic N) is 1. The summed E-state index contributed by atoms with van der Waals surface area (Å²) in [6.07, 6.45) is 0.508. The van der Waals surface area contributed by atoms with E-state index in [4.69, 9.17) is 4.74 Å². The van der Waals surface area contributed by atoms with Gasteiger partial charge in [-0.3, -0.25) is 4.79 Å². The third-order valence-electron chi connectivity index (χ3n) is 3.71. The number of amides is 1. The number of rotatable bonds is 4. The van der Waals surface area contributed by atoms with Gasteiger partial charge in [0, 0.05) is 13.1 Å². The molecule has 1 atom stereocenters. The Hall–Kier alpha value is -1.56. The molecule has 2 rings (SSSR count). The Balaban J connectivity index is 1.92. The van der Waals surface area contributed by atoms with E-state index in [0.717, 1.165) is 11.1 Å². The number of ether oxygens (including phenoxy) is 1. The van der Waals surface area contributed by atoms with Crippen LogP contribution in [0, 0.1) is 13.8 Å². The maximum atomic E-state index is 12.1. The molecule has 116 valence electrons. The molecule has 1 fully saturated rings. The zero-order chi connectivity index (χ0) is 15.6. The molecule has 0 radical (unpaired) electrons. The maximum absolute atomic E-state index is 12.1. The fourth-order valence-electron chi connectivity index (χ4n) is 2.55. The van der Waals surface area contributed by atoms with E-state index in [1.54, 1.807) is 7.05 Å². The summed E-state index contributed by atoms with van der Waals surface area (Å²) >= 11 is 0. The van der Waals surface area contributed by atoms with Crippen LogP contribution in [0.2, 0.25) is 0 Å². The first kappa shape index (κ1) is 15.8. The summed E-state index contributed by atoms with van der Waals surface area (Å²) < 4.78 is 28.4. The summed E-state index contributed by atoms with van der Waals surface area (Å²) in [6, 6.07) is 5.55. The number of hydrogen-bond donors (Lipinski definition) is 0. The molecule has 21 heavy (non-hydrogen) atoms. The minimum atomic E-state index is -2.99. The number of sulfone groups is 1. The molecular formula is C15H21NO4S. The fourth-order valence-corrected chi connectivity index (χ4v) is 4.32. The van der Waals surface area contributed by atoms with Crippen LogP contribution in [0.25, 0.3) is 0 Å². The first-order valence-electron chi connectivity index (χ1n) is 6.94. The molecule has 0 bridgehead atoms. The van der Waals surface area contributed by atoms with Gasteiger partial charge in [0.25, 0.3) is 5.91 Å². The van der Waals surface area contributed by atoms with Crippen molar-refractivity contribution in [3.05, 3.63) is 29.3 Å². The monoisotopic (exact) mass is 311 g/mol. The van der Waals surface area contributed by atoms with Gasteiger partial charge in [-0.2, -0.15) is 0 Å². The molecule has 1 aromatic carbocycles. The molecule has 0 aliphatic carbocycles. The Kier molecular flexibility index (Phi) is 4.56.